The van der Waals surface area contributed by atoms with Crippen LogP contribution in [0.3, 0.4) is 0 Å². The predicted molar refractivity (Wildman–Crippen MR) is 85.6 cm³/mol. The molecule has 1 amide bonds. The average molecular weight is 302 g/mol. The van der Waals surface area contributed by atoms with Crippen molar-refractivity contribution in [3.05, 3.63) is 46.8 Å². The van der Waals surface area contributed by atoms with Crippen molar-refractivity contribution in [3.63, 3.8) is 0 Å². The molecule has 1 heterocycles. The number of carbonyl (C=O) groups is 1. The maximum absolute atomic E-state index is 12.3. The standard InChI is InChI=1S/C17H22N2O3/c1-11-8-14(12(2)19(11)3)10-18-17(20)13-6-7-15(21-4)16(9-13)22-5/h6-9H,10H2,1-5H3,(H,18,20). The number of carbonyl (C=O) groups excluding carboxylic acids is 1. The average Bonchev–Trinajstić information content (AvgIpc) is 2.78. The van der Waals surface area contributed by atoms with E-state index in [-0.39, 0.29) is 5.91 Å². The van der Waals surface area contributed by atoms with Gasteiger partial charge in [-0.1, -0.05) is 0 Å². The van der Waals surface area contributed by atoms with Gasteiger partial charge in [-0.15, -0.1) is 0 Å². The Labute approximate surface area is 130 Å². The smallest absolute Gasteiger partial charge is 0.251 e. The molecule has 0 aliphatic rings. The number of rotatable bonds is 5. The van der Waals surface area contributed by atoms with Gasteiger partial charge < -0.3 is 19.4 Å². The molecule has 1 aromatic carbocycles. The molecular formula is C17H22N2O3. The molecule has 0 aliphatic heterocycles. The summed E-state index contributed by atoms with van der Waals surface area (Å²) in [5.74, 6) is 1.01. The summed E-state index contributed by atoms with van der Waals surface area (Å²) in [4.78, 5) is 12.3. The van der Waals surface area contributed by atoms with Crippen LogP contribution in [0.4, 0.5) is 0 Å². The maximum atomic E-state index is 12.3. The van der Waals surface area contributed by atoms with Crippen molar-refractivity contribution >= 4 is 5.91 Å². The molecule has 0 saturated carbocycles. The quantitative estimate of drug-likeness (QED) is 0.923. The number of amides is 1. The van der Waals surface area contributed by atoms with Crippen molar-refractivity contribution in [1.82, 2.24) is 9.88 Å². The summed E-state index contributed by atoms with van der Waals surface area (Å²) >= 11 is 0. The Hall–Kier alpha value is -2.43. The second-order valence-electron chi connectivity index (χ2n) is 5.21. The van der Waals surface area contributed by atoms with Crippen molar-refractivity contribution in [2.45, 2.75) is 20.4 Å². The highest BCUT2D eigenvalue weighted by Gasteiger charge is 2.12. The van der Waals surface area contributed by atoms with Gasteiger partial charge in [0.25, 0.3) is 5.91 Å². The molecule has 2 rings (SSSR count). The molecule has 118 valence electrons. The number of aromatic nitrogens is 1. The zero-order valence-corrected chi connectivity index (χ0v) is 13.7. The highest BCUT2D eigenvalue weighted by molar-refractivity contribution is 5.94. The summed E-state index contributed by atoms with van der Waals surface area (Å²) in [6.07, 6.45) is 0. The van der Waals surface area contributed by atoms with E-state index in [4.69, 9.17) is 9.47 Å². The first-order valence-electron chi connectivity index (χ1n) is 7.10. The van der Waals surface area contributed by atoms with Gasteiger partial charge in [0.05, 0.1) is 14.2 Å². The minimum atomic E-state index is -0.137. The molecule has 2 aromatic rings. The van der Waals surface area contributed by atoms with Crippen LogP contribution in [-0.2, 0) is 13.6 Å². The molecule has 1 aromatic heterocycles. The summed E-state index contributed by atoms with van der Waals surface area (Å²) in [6, 6.07) is 7.22. The Kier molecular flexibility index (Phi) is 4.75. The van der Waals surface area contributed by atoms with Gasteiger partial charge >= 0.3 is 0 Å². The number of aryl methyl sites for hydroxylation is 1. The zero-order chi connectivity index (χ0) is 16.3. The predicted octanol–water partition coefficient (Wildman–Crippen LogP) is 2.59. The summed E-state index contributed by atoms with van der Waals surface area (Å²) < 4.78 is 12.5. The van der Waals surface area contributed by atoms with Crippen LogP contribution >= 0.6 is 0 Å². The van der Waals surface area contributed by atoms with Crippen molar-refractivity contribution < 1.29 is 14.3 Å². The SMILES string of the molecule is COc1ccc(C(=O)NCc2cc(C)n(C)c2C)cc1OC. The highest BCUT2D eigenvalue weighted by atomic mass is 16.5. The van der Waals surface area contributed by atoms with Gasteiger partial charge in [-0.3, -0.25) is 4.79 Å². The van der Waals surface area contributed by atoms with E-state index in [2.05, 4.69) is 16.0 Å². The van der Waals surface area contributed by atoms with Crippen molar-refractivity contribution in [2.75, 3.05) is 14.2 Å². The number of hydrogen-bond acceptors (Lipinski definition) is 3. The fourth-order valence-corrected chi connectivity index (χ4v) is 2.37. The van der Waals surface area contributed by atoms with Gasteiger partial charge in [0.15, 0.2) is 11.5 Å². The minimum Gasteiger partial charge on any atom is -0.493 e. The lowest BCUT2D eigenvalue weighted by Crippen LogP contribution is -2.23. The maximum Gasteiger partial charge on any atom is 0.251 e. The molecule has 0 saturated heterocycles. The van der Waals surface area contributed by atoms with E-state index in [1.54, 1.807) is 32.4 Å². The van der Waals surface area contributed by atoms with Gasteiger partial charge in [0.2, 0.25) is 0 Å². The van der Waals surface area contributed by atoms with Crippen LogP contribution < -0.4 is 14.8 Å². The number of nitrogens with one attached hydrogen (secondary N) is 1. The van der Waals surface area contributed by atoms with Crippen molar-refractivity contribution in [3.8, 4) is 11.5 Å². The monoisotopic (exact) mass is 302 g/mol. The van der Waals surface area contributed by atoms with E-state index < -0.39 is 0 Å². The van der Waals surface area contributed by atoms with Gasteiger partial charge in [-0.2, -0.15) is 0 Å². The van der Waals surface area contributed by atoms with Crippen LogP contribution in [0.1, 0.15) is 27.3 Å². The highest BCUT2D eigenvalue weighted by Crippen LogP contribution is 2.27. The summed E-state index contributed by atoms with van der Waals surface area (Å²) in [5.41, 5.74) is 4.00. The van der Waals surface area contributed by atoms with E-state index in [0.717, 1.165) is 11.3 Å². The largest absolute Gasteiger partial charge is 0.493 e. The van der Waals surface area contributed by atoms with Gasteiger partial charge in [-0.05, 0) is 43.7 Å². The first-order valence-corrected chi connectivity index (χ1v) is 7.10. The van der Waals surface area contributed by atoms with E-state index in [1.165, 1.54) is 5.69 Å². The fraction of sp³-hybridized carbons (Fsp3) is 0.353. The third-order valence-electron chi connectivity index (χ3n) is 3.97. The van der Waals surface area contributed by atoms with Crippen LogP contribution in [0.5, 0.6) is 11.5 Å². The van der Waals surface area contributed by atoms with Crippen LogP contribution in [0.2, 0.25) is 0 Å². The molecule has 5 nitrogen and oxygen atoms in total. The molecule has 0 unspecified atom stereocenters. The Morgan fingerprint density at radius 1 is 1.14 bits per heavy atom. The Bertz CT molecular complexity index is 689. The number of methoxy groups -OCH3 is 2. The second kappa shape index (κ2) is 6.56. The molecule has 0 radical (unpaired) electrons. The van der Waals surface area contributed by atoms with E-state index in [0.29, 0.717) is 23.6 Å². The topological polar surface area (TPSA) is 52.5 Å². The zero-order valence-electron chi connectivity index (χ0n) is 13.7. The Morgan fingerprint density at radius 2 is 1.82 bits per heavy atom. The molecule has 22 heavy (non-hydrogen) atoms. The van der Waals surface area contributed by atoms with Crippen LogP contribution in [0, 0.1) is 13.8 Å². The number of hydrogen-bond donors (Lipinski definition) is 1. The van der Waals surface area contributed by atoms with Crippen LogP contribution in [0.15, 0.2) is 24.3 Å². The molecule has 0 fully saturated rings. The Morgan fingerprint density at radius 3 is 2.36 bits per heavy atom. The molecule has 0 aliphatic carbocycles. The van der Waals surface area contributed by atoms with E-state index in [1.807, 2.05) is 20.9 Å². The summed E-state index contributed by atoms with van der Waals surface area (Å²) in [6.45, 7) is 4.60. The Balaban J connectivity index is 2.10. The summed E-state index contributed by atoms with van der Waals surface area (Å²) in [7, 11) is 5.14. The molecule has 5 heteroatoms. The third kappa shape index (κ3) is 3.08. The van der Waals surface area contributed by atoms with Gasteiger partial charge in [0, 0.05) is 30.5 Å². The fourth-order valence-electron chi connectivity index (χ4n) is 2.37. The first-order chi connectivity index (χ1) is 10.5. The number of ether oxygens (including phenoxy) is 2. The summed E-state index contributed by atoms with van der Waals surface area (Å²) in [5, 5.41) is 2.94. The lowest BCUT2D eigenvalue weighted by Gasteiger charge is -2.10. The molecule has 1 N–H and O–H groups in total. The first kappa shape index (κ1) is 15.9. The van der Waals surface area contributed by atoms with Crippen molar-refractivity contribution in [2.24, 2.45) is 7.05 Å². The van der Waals surface area contributed by atoms with Crippen LogP contribution in [0.25, 0.3) is 0 Å². The molecule has 0 atom stereocenters. The third-order valence-corrected chi connectivity index (χ3v) is 3.97. The van der Waals surface area contributed by atoms with Crippen molar-refractivity contribution in [1.29, 1.82) is 0 Å². The van der Waals surface area contributed by atoms with E-state index >= 15 is 0 Å². The van der Waals surface area contributed by atoms with Gasteiger partial charge in [0.1, 0.15) is 0 Å². The minimum absolute atomic E-state index is 0.137. The van der Waals surface area contributed by atoms with E-state index in [9.17, 15) is 4.79 Å². The lowest BCUT2D eigenvalue weighted by molar-refractivity contribution is 0.0950. The normalized spacial score (nSPS) is 10.4. The van der Waals surface area contributed by atoms with Crippen LogP contribution in [-0.4, -0.2) is 24.7 Å². The molecular weight excluding hydrogens is 280 g/mol. The lowest BCUT2D eigenvalue weighted by atomic mass is 10.1. The van der Waals surface area contributed by atoms with Gasteiger partial charge in [-0.25, -0.2) is 0 Å². The number of benzene rings is 1. The second-order valence-corrected chi connectivity index (χ2v) is 5.21. The molecule has 0 spiro atoms. The number of nitrogens with zero attached hydrogens (tertiary/aromatic N) is 1. The molecule has 0 bridgehead atoms.